The quantitative estimate of drug-likeness (QED) is 0.154. The van der Waals surface area contributed by atoms with Gasteiger partial charge < -0.3 is 4.90 Å². The zero-order valence-corrected chi connectivity index (χ0v) is 36.4. The molecule has 0 saturated heterocycles. The van der Waals surface area contributed by atoms with Gasteiger partial charge in [-0.1, -0.05) is 182 Å². The average Bonchev–Trinajstić information content (AvgIpc) is 4.04. The Labute approximate surface area is 380 Å². The van der Waals surface area contributed by atoms with Crippen LogP contribution in [0.5, 0.6) is 0 Å². The normalized spacial score (nSPS) is 12.8. The highest BCUT2D eigenvalue weighted by Gasteiger charge is 2.47. The minimum Gasteiger partial charge on any atom is -0.310 e. The predicted octanol–water partition coefficient (Wildman–Crippen LogP) is 17.6. The lowest BCUT2D eigenvalue weighted by molar-refractivity contribution is 0.768. The molecule has 0 aliphatic heterocycles. The maximum Gasteiger partial charge on any atom is 0.0714 e. The third-order valence-corrected chi connectivity index (χ3v) is 15.7. The fraction of sp³-hybridized carbons (Fsp3) is 0.0164. The van der Waals surface area contributed by atoms with Crippen LogP contribution in [0.2, 0.25) is 0 Å². The summed E-state index contributed by atoms with van der Waals surface area (Å²) < 4.78 is 5.26. The van der Waals surface area contributed by atoms with Crippen molar-refractivity contribution >= 4 is 80.1 Å². The highest BCUT2D eigenvalue weighted by atomic mass is 32.1. The van der Waals surface area contributed by atoms with Gasteiger partial charge >= 0.3 is 0 Å². The van der Waals surface area contributed by atoms with E-state index in [0.717, 1.165) is 17.1 Å². The van der Waals surface area contributed by atoms with Crippen LogP contribution in [-0.4, -0.2) is 0 Å². The summed E-state index contributed by atoms with van der Waals surface area (Å²) in [6, 6.07) is 87.8. The summed E-state index contributed by atoms with van der Waals surface area (Å²) in [5, 5.41) is 5.22. The molecule has 64 heavy (non-hydrogen) atoms. The van der Waals surface area contributed by atoms with Crippen molar-refractivity contribution < 1.29 is 0 Å². The van der Waals surface area contributed by atoms with Gasteiger partial charge in [-0.3, -0.25) is 0 Å². The molecule has 12 aromatic rings. The van der Waals surface area contributed by atoms with Crippen LogP contribution in [0.15, 0.2) is 237 Å². The van der Waals surface area contributed by atoms with E-state index in [0.29, 0.717) is 0 Å². The lowest BCUT2D eigenvalue weighted by Crippen LogP contribution is -2.28. The summed E-state index contributed by atoms with van der Waals surface area (Å²) in [5.41, 5.74) is 15.4. The van der Waals surface area contributed by atoms with Gasteiger partial charge in [0, 0.05) is 57.3 Å². The Hall–Kier alpha value is -7.56. The van der Waals surface area contributed by atoms with Crippen LogP contribution in [0.1, 0.15) is 22.3 Å². The topological polar surface area (TPSA) is 3.24 Å². The average molecular weight is 850 g/mol. The fourth-order valence-corrected chi connectivity index (χ4v) is 12.9. The van der Waals surface area contributed by atoms with Gasteiger partial charge in [0.2, 0.25) is 0 Å². The first kappa shape index (κ1) is 37.0. The van der Waals surface area contributed by atoms with Crippen LogP contribution in [0.25, 0.3) is 73.7 Å². The number of benzene rings is 10. The van der Waals surface area contributed by atoms with E-state index in [1.54, 1.807) is 0 Å². The third kappa shape index (κ3) is 5.61. The zero-order valence-electron chi connectivity index (χ0n) is 34.8. The summed E-state index contributed by atoms with van der Waals surface area (Å²) in [6.45, 7) is 0. The maximum atomic E-state index is 2.50. The molecule has 0 N–H and O–H groups in total. The maximum absolute atomic E-state index is 2.50. The Kier molecular flexibility index (Phi) is 8.55. The summed E-state index contributed by atoms with van der Waals surface area (Å²) in [4.78, 5) is 2.50. The third-order valence-electron chi connectivity index (χ3n) is 13.4. The lowest BCUT2D eigenvalue weighted by Gasteiger charge is -2.34. The monoisotopic (exact) mass is 849 g/mol. The van der Waals surface area contributed by atoms with Gasteiger partial charge in [0.25, 0.3) is 0 Å². The van der Waals surface area contributed by atoms with Crippen molar-refractivity contribution in [2.75, 3.05) is 4.90 Å². The van der Waals surface area contributed by atoms with Crippen molar-refractivity contribution in [2.45, 2.75) is 5.41 Å². The second-order valence-electron chi connectivity index (χ2n) is 16.7. The van der Waals surface area contributed by atoms with E-state index in [9.17, 15) is 0 Å². The first-order valence-corrected chi connectivity index (χ1v) is 23.5. The minimum absolute atomic E-state index is 0.501. The van der Waals surface area contributed by atoms with E-state index in [1.165, 1.54) is 96.0 Å². The molecule has 0 bridgehead atoms. The van der Waals surface area contributed by atoms with Crippen LogP contribution >= 0.6 is 22.7 Å². The Bertz CT molecular complexity index is 3690. The zero-order chi connectivity index (χ0) is 42.2. The summed E-state index contributed by atoms with van der Waals surface area (Å²) in [7, 11) is 0. The Balaban J connectivity index is 1.000. The van der Waals surface area contributed by atoms with Crippen LogP contribution in [0, 0.1) is 0 Å². The van der Waals surface area contributed by atoms with Gasteiger partial charge in [-0.15, -0.1) is 22.7 Å². The number of nitrogens with zero attached hydrogens (tertiary/aromatic N) is 1. The standard InChI is InChI=1S/C61H39NS2/c1-3-18-43(19-4-1)61(44-20-5-2-6-21-44)53-27-10-7-24-51(53)59-54(61)28-15-29-55(59)62(46-36-37-58-52(39-46)49-23-9-11-30-56(49)63-58)45-34-32-40(33-35-45)41-16-13-17-42(38-41)47-25-14-26-50-48-22-8-12-31-57(48)64-60(47)50/h1-39H. The first-order chi connectivity index (χ1) is 31.7. The predicted molar refractivity (Wildman–Crippen MR) is 275 cm³/mol. The molecular weight excluding hydrogens is 811 g/mol. The lowest BCUT2D eigenvalue weighted by atomic mass is 9.68. The molecule has 10 aromatic carbocycles. The van der Waals surface area contributed by atoms with Crippen molar-refractivity contribution in [3.63, 3.8) is 0 Å². The minimum atomic E-state index is -0.501. The number of thiophene rings is 2. The molecule has 300 valence electrons. The Morgan fingerprint density at radius 3 is 1.67 bits per heavy atom. The highest BCUT2D eigenvalue weighted by Crippen LogP contribution is 2.59. The second kappa shape index (κ2) is 14.8. The van der Waals surface area contributed by atoms with Gasteiger partial charge in [0.15, 0.2) is 0 Å². The molecule has 0 radical (unpaired) electrons. The summed E-state index contributed by atoms with van der Waals surface area (Å²) in [6.07, 6.45) is 0. The van der Waals surface area contributed by atoms with E-state index >= 15 is 0 Å². The van der Waals surface area contributed by atoms with E-state index in [4.69, 9.17) is 0 Å². The molecule has 0 spiro atoms. The molecule has 1 nitrogen and oxygen atoms in total. The molecule has 0 fully saturated rings. The molecule has 1 aliphatic carbocycles. The number of fused-ring (bicyclic) bond motifs is 9. The number of hydrogen-bond donors (Lipinski definition) is 0. The van der Waals surface area contributed by atoms with Crippen LogP contribution < -0.4 is 4.90 Å². The number of rotatable bonds is 7. The van der Waals surface area contributed by atoms with Crippen LogP contribution in [0.4, 0.5) is 17.1 Å². The molecular formula is C61H39NS2. The van der Waals surface area contributed by atoms with Crippen molar-refractivity contribution in [3.8, 4) is 33.4 Å². The van der Waals surface area contributed by atoms with E-state index < -0.39 is 5.41 Å². The van der Waals surface area contributed by atoms with Gasteiger partial charge in [0.05, 0.1) is 11.1 Å². The highest BCUT2D eigenvalue weighted by molar-refractivity contribution is 7.26. The smallest absolute Gasteiger partial charge is 0.0714 e. The molecule has 0 saturated carbocycles. The van der Waals surface area contributed by atoms with Crippen molar-refractivity contribution in [3.05, 3.63) is 259 Å². The van der Waals surface area contributed by atoms with Crippen LogP contribution in [-0.2, 0) is 5.41 Å². The molecule has 0 atom stereocenters. The summed E-state index contributed by atoms with van der Waals surface area (Å²) in [5.74, 6) is 0. The number of anilines is 3. The van der Waals surface area contributed by atoms with Crippen molar-refractivity contribution in [2.24, 2.45) is 0 Å². The number of hydrogen-bond acceptors (Lipinski definition) is 3. The van der Waals surface area contributed by atoms with Gasteiger partial charge in [-0.2, -0.15) is 0 Å². The van der Waals surface area contributed by atoms with E-state index in [2.05, 4.69) is 241 Å². The molecule has 2 heterocycles. The van der Waals surface area contributed by atoms with Gasteiger partial charge in [-0.25, -0.2) is 0 Å². The molecule has 2 aromatic heterocycles. The van der Waals surface area contributed by atoms with E-state index in [-0.39, 0.29) is 0 Å². The SMILES string of the molecule is c1ccc(C2(c3ccccc3)c3ccccc3-c3c(N(c4ccc(-c5cccc(-c6cccc7c6sc6ccccc67)c5)cc4)c4ccc5sc6ccccc6c5c4)cccc32)cc1. The Morgan fingerprint density at radius 2 is 0.891 bits per heavy atom. The van der Waals surface area contributed by atoms with Crippen molar-refractivity contribution in [1.29, 1.82) is 0 Å². The molecule has 3 heteroatoms. The molecule has 13 rings (SSSR count). The molecule has 1 aliphatic rings. The molecule has 0 amide bonds. The Morgan fingerprint density at radius 1 is 0.328 bits per heavy atom. The van der Waals surface area contributed by atoms with Gasteiger partial charge in [0.1, 0.15) is 0 Å². The second-order valence-corrected chi connectivity index (χ2v) is 18.9. The van der Waals surface area contributed by atoms with Gasteiger partial charge in [-0.05, 0) is 105 Å². The van der Waals surface area contributed by atoms with Crippen LogP contribution in [0.3, 0.4) is 0 Å². The fourth-order valence-electron chi connectivity index (χ4n) is 10.6. The van der Waals surface area contributed by atoms with E-state index in [1.807, 2.05) is 22.7 Å². The largest absolute Gasteiger partial charge is 0.310 e. The van der Waals surface area contributed by atoms with Crippen molar-refractivity contribution in [1.82, 2.24) is 0 Å². The molecule has 0 unspecified atom stereocenters. The first-order valence-electron chi connectivity index (χ1n) is 21.9. The summed E-state index contributed by atoms with van der Waals surface area (Å²) >= 11 is 3.75.